The molecule has 2 nitrogen and oxygen atoms in total. The molecule has 0 atom stereocenters. The predicted octanol–water partition coefficient (Wildman–Crippen LogP) is 6.20. The fourth-order valence-corrected chi connectivity index (χ4v) is 4.61. The maximum absolute atomic E-state index is 3.58. The normalized spacial score (nSPS) is 14.9. The minimum atomic E-state index is 1.04. The highest BCUT2D eigenvalue weighted by molar-refractivity contribution is 9.09. The molecule has 0 spiro atoms. The summed E-state index contributed by atoms with van der Waals surface area (Å²) in [6, 6.07) is 18.0. The molecule has 0 aromatic heterocycles. The van der Waals surface area contributed by atoms with Crippen molar-refractivity contribution in [1.29, 1.82) is 0 Å². The standard InChI is InChI=1S/C23H27BrN2/c1-25(15-9-14-24)22-18-10-3-5-12-20(18)23(26-16-7-2-8-17-26)21-13-6-4-11-19(21)22/h3-6,10-13H,2,7-9,14-17H2,1H3. The van der Waals surface area contributed by atoms with Crippen molar-refractivity contribution in [2.45, 2.75) is 25.7 Å². The van der Waals surface area contributed by atoms with E-state index in [0.29, 0.717) is 0 Å². The van der Waals surface area contributed by atoms with Crippen LogP contribution in [0.15, 0.2) is 48.5 Å². The van der Waals surface area contributed by atoms with E-state index in [2.05, 4.69) is 81.3 Å². The summed E-state index contributed by atoms with van der Waals surface area (Å²) in [6.07, 6.45) is 5.11. The van der Waals surface area contributed by atoms with Gasteiger partial charge in [0.05, 0.1) is 11.4 Å². The molecule has 3 heteroatoms. The average Bonchev–Trinajstić information content (AvgIpc) is 2.70. The lowest BCUT2D eigenvalue weighted by molar-refractivity contribution is 0.580. The molecule has 136 valence electrons. The lowest BCUT2D eigenvalue weighted by Gasteiger charge is -2.33. The number of rotatable bonds is 5. The molecule has 1 saturated heterocycles. The van der Waals surface area contributed by atoms with Crippen LogP contribution in [-0.4, -0.2) is 32.0 Å². The van der Waals surface area contributed by atoms with Crippen LogP contribution in [-0.2, 0) is 0 Å². The van der Waals surface area contributed by atoms with Crippen LogP contribution in [0, 0.1) is 0 Å². The molecule has 0 saturated carbocycles. The second kappa shape index (κ2) is 7.87. The smallest absolute Gasteiger partial charge is 0.0527 e. The Labute approximate surface area is 164 Å². The Morgan fingerprint density at radius 3 is 1.92 bits per heavy atom. The molecule has 1 heterocycles. The van der Waals surface area contributed by atoms with Crippen LogP contribution >= 0.6 is 15.9 Å². The van der Waals surface area contributed by atoms with E-state index < -0.39 is 0 Å². The lowest BCUT2D eigenvalue weighted by Crippen LogP contribution is -2.30. The van der Waals surface area contributed by atoms with Gasteiger partial charge >= 0.3 is 0 Å². The van der Waals surface area contributed by atoms with Crippen molar-refractivity contribution < 1.29 is 0 Å². The van der Waals surface area contributed by atoms with Crippen molar-refractivity contribution in [2.24, 2.45) is 0 Å². The Balaban J connectivity index is 1.99. The van der Waals surface area contributed by atoms with Gasteiger partial charge in [-0.3, -0.25) is 0 Å². The summed E-state index contributed by atoms with van der Waals surface area (Å²) in [6.45, 7) is 3.40. The van der Waals surface area contributed by atoms with Crippen molar-refractivity contribution >= 4 is 48.8 Å². The van der Waals surface area contributed by atoms with Gasteiger partial charge in [0, 0.05) is 53.6 Å². The molecule has 3 aromatic rings. The third kappa shape index (κ3) is 3.18. The van der Waals surface area contributed by atoms with E-state index in [4.69, 9.17) is 0 Å². The number of halogens is 1. The first-order valence-electron chi connectivity index (χ1n) is 9.77. The molecule has 0 amide bonds. The Morgan fingerprint density at radius 1 is 0.846 bits per heavy atom. The molecule has 0 bridgehead atoms. The van der Waals surface area contributed by atoms with Crippen molar-refractivity contribution in [3.05, 3.63) is 48.5 Å². The summed E-state index contributed by atoms with van der Waals surface area (Å²) >= 11 is 3.58. The highest BCUT2D eigenvalue weighted by Crippen LogP contribution is 2.43. The second-order valence-electron chi connectivity index (χ2n) is 7.30. The average molecular weight is 411 g/mol. The second-order valence-corrected chi connectivity index (χ2v) is 8.09. The van der Waals surface area contributed by atoms with Gasteiger partial charge in [0.15, 0.2) is 0 Å². The Morgan fingerprint density at radius 2 is 1.38 bits per heavy atom. The first kappa shape index (κ1) is 17.7. The van der Waals surface area contributed by atoms with Gasteiger partial charge in [0.1, 0.15) is 0 Å². The fourth-order valence-electron chi connectivity index (χ4n) is 4.36. The van der Waals surface area contributed by atoms with E-state index in [0.717, 1.165) is 18.3 Å². The van der Waals surface area contributed by atoms with Crippen LogP contribution in [0.5, 0.6) is 0 Å². The quantitative estimate of drug-likeness (QED) is 0.364. The monoisotopic (exact) mass is 410 g/mol. The Hall–Kier alpha value is -1.74. The maximum Gasteiger partial charge on any atom is 0.0527 e. The molecule has 0 aliphatic carbocycles. The molecule has 0 N–H and O–H groups in total. The zero-order valence-electron chi connectivity index (χ0n) is 15.5. The molecular weight excluding hydrogens is 384 g/mol. The zero-order valence-corrected chi connectivity index (χ0v) is 17.1. The molecule has 3 aromatic carbocycles. The summed E-state index contributed by atoms with van der Waals surface area (Å²) in [5.74, 6) is 0. The highest BCUT2D eigenvalue weighted by Gasteiger charge is 2.20. The highest BCUT2D eigenvalue weighted by atomic mass is 79.9. The van der Waals surface area contributed by atoms with Gasteiger partial charge in [0.25, 0.3) is 0 Å². The maximum atomic E-state index is 3.58. The Bertz CT molecular complexity index is 842. The molecule has 26 heavy (non-hydrogen) atoms. The van der Waals surface area contributed by atoms with Crippen LogP contribution in [0.4, 0.5) is 11.4 Å². The summed E-state index contributed by atoms with van der Waals surface area (Å²) in [5, 5.41) is 6.59. The number of hydrogen-bond acceptors (Lipinski definition) is 2. The van der Waals surface area contributed by atoms with E-state index >= 15 is 0 Å². The third-order valence-electron chi connectivity index (χ3n) is 5.56. The van der Waals surface area contributed by atoms with Crippen LogP contribution in [0.3, 0.4) is 0 Å². The van der Waals surface area contributed by atoms with Gasteiger partial charge in [0.2, 0.25) is 0 Å². The SMILES string of the molecule is CN(CCCBr)c1c2ccccc2c(N2CCCCC2)c2ccccc12. The molecule has 0 radical (unpaired) electrons. The Kier molecular flexibility index (Phi) is 5.35. The summed E-state index contributed by atoms with van der Waals surface area (Å²) in [5.41, 5.74) is 2.81. The van der Waals surface area contributed by atoms with Gasteiger partial charge in [-0.25, -0.2) is 0 Å². The number of benzene rings is 3. The minimum Gasteiger partial charge on any atom is -0.374 e. The predicted molar refractivity (Wildman–Crippen MR) is 119 cm³/mol. The lowest BCUT2D eigenvalue weighted by atomic mass is 9.96. The first-order chi connectivity index (χ1) is 12.8. The molecule has 1 fully saturated rings. The van der Waals surface area contributed by atoms with Gasteiger partial charge in [-0.15, -0.1) is 0 Å². The van der Waals surface area contributed by atoms with Gasteiger partial charge in [-0.05, 0) is 25.7 Å². The zero-order chi connectivity index (χ0) is 17.9. The van der Waals surface area contributed by atoms with Crippen molar-refractivity contribution in [3.63, 3.8) is 0 Å². The number of fused-ring (bicyclic) bond motifs is 2. The topological polar surface area (TPSA) is 6.48 Å². The number of piperidine rings is 1. The van der Waals surface area contributed by atoms with E-state index in [-0.39, 0.29) is 0 Å². The van der Waals surface area contributed by atoms with Crippen LogP contribution in [0.2, 0.25) is 0 Å². The summed E-state index contributed by atoms with van der Waals surface area (Å²) in [7, 11) is 2.23. The van der Waals surface area contributed by atoms with E-state index in [1.807, 2.05) is 0 Å². The largest absolute Gasteiger partial charge is 0.374 e. The van der Waals surface area contributed by atoms with Crippen LogP contribution in [0.1, 0.15) is 25.7 Å². The van der Waals surface area contributed by atoms with Crippen molar-refractivity contribution in [2.75, 3.05) is 41.8 Å². The summed E-state index contributed by atoms with van der Waals surface area (Å²) < 4.78 is 0. The number of anilines is 2. The molecule has 1 aliphatic heterocycles. The van der Waals surface area contributed by atoms with Crippen LogP contribution < -0.4 is 9.80 Å². The van der Waals surface area contributed by atoms with E-state index in [9.17, 15) is 0 Å². The summed E-state index contributed by atoms with van der Waals surface area (Å²) in [4.78, 5) is 5.06. The molecule has 4 rings (SSSR count). The third-order valence-corrected chi connectivity index (χ3v) is 6.12. The fraction of sp³-hybridized carbons (Fsp3) is 0.391. The number of alkyl halides is 1. The van der Waals surface area contributed by atoms with Gasteiger partial charge in [-0.1, -0.05) is 64.5 Å². The van der Waals surface area contributed by atoms with Crippen molar-refractivity contribution in [3.8, 4) is 0 Å². The molecule has 0 unspecified atom stereocenters. The first-order valence-corrected chi connectivity index (χ1v) is 10.9. The van der Waals surface area contributed by atoms with E-state index in [1.54, 1.807) is 0 Å². The van der Waals surface area contributed by atoms with E-state index in [1.165, 1.54) is 65.3 Å². The molecular formula is C23H27BrN2. The number of hydrogen-bond donors (Lipinski definition) is 0. The van der Waals surface area contributed by atoms with Crippen molar-refractivity contribution in [1.82, 2.24) is 0 Å². The van der Waals surface area contributed by atoms with Gasteiger partial charge < -0.3 is 9.80 Å². The minimum absolute atomic E-state index is 1.04. The van der Waals surface area contributed by atoms with Crippen LogP contribution in [0.25, 0.3) is 21.5 Å². The number of nitrogens with zero attached hydrogens (tertiary/aromatic N) is 2. The van der Waals surface area contributed by atoms with Gasteiger partial charge in [-0.2, -0.15) is 0 Å². The molecule has 1 aliphatic rings.